The van der Waals surface area contributed by atoms with Gasteiger partial charge < -0.3 is 15.0 Å². The highest BCUT2D eigenvalue weighted by Crippen LogP contribution is 2.20. The van der Waals surface area contributed by atoms with Crippen LogP contribution < -0.4 is 10.1 Å². The molecule has 0 aliphatic carbocycles. The lowest BCUT2D eigenvalue weighted by Crippen LogP contribution is -2.23. The minimum atomic E-state index is 0.801. The van der Waals surface area contributed by atoms with Crippen LogP contribution in [0.1, 0.15) is 17.5 Å². The van der Waals surface area contributed by atoms with E-state index in [2.05, 4.69) is 42.5 Å². The first-order chi connectivity index (χ1) is 8.25. The standard InChI is InChI=1S/C14H22N2O/c1-16(2)8-3-9-17-14-5-4-13-11-15-7-6-12(13)10-14/h4-5,10,15H,3,6-9,11H2,1-2H3. The lowest BCUT2D eigenvalue weighted by Gasteiger charge is -2.18. The number of nitrogens with zero attached hydrogens (tertiary/aromatic N) is 1. The second kappa shape index (κ2) is 6.03. The molecule has 0 saturated carbocycles. The van der Waals surface area contributed by atoms with Crippen molar-refractivity contribution in [3.05, 3.63) is 29.3 Å². The van der Waals surface area contributed by atoms with Crippen molar-refractivity contribution in [1.29, 1.82) is 0 Å². The molecule has 1 aromatic rings. The zero-order valence-electron chi connectivity index (χ0n) is 10.8. The quantitative estimate of drug-likeness (QED) is 0.784. The molecular weight excluding hydrogens is 212 g/mol. The summed E-state index contributed by atoms with van der Waals surface area (Å²) in [6.45, 7) is 3.96. The molecule has 0 atom stereocenters. The molecule has 3 nitrogen and oxygen atoms in total. The van der Waals surface area contributed by atoms with Crippen molar-refractivity contribution in [1.82, 2.24) is 10.2 Å². The van der Waals surface area contributed by atoms with Crippen molar-refractivity contribution in [2.24, 2.45) is 0 Å². The van der Waals surface area contributed by atoms with E-state index in [0.29, 0.717) is 0 Å². The summed E-state index contributed by atoms with van der Waals surface area (Å²) >= 11 is 0. The Morgan fingerprint density at radius 1 is 1.29 bits per heavy atom. The number of benzene rings is 1. The molecule has 0 amide bonds. The van der Waals surface area contributed by atoms with Gasteiger partial charge in [0.2, 0.25) is 0 Å². The molecule has 0 radical (unpaired) electrons. The fraction of sp³-hybridized carbons (Fsp3) is 0.571. The normalized spacial score (nSPS) is 14.8. The molecule has 0 aromatic heterocycles. The summed E-state index contributed by atoms with van der Waals surface area (Å²) in [5, 5.41) is 3.38. The number of nitrogens with one attached hydrogen (secondary N) is 1. The van der Waals surface area contributed by atoms with Crippen molar-refractivity contribution in [2.45, 2.75) is 19.4 Å². The van der Waals surface area contributed by atoms with E-state index in [0.717, 1.165) is 44.8 Å². The SMILES string of the molecule is CN(C)CCCOc1ccc2c(c1)CCNC2. The van der Waals surface area contributed by atoms with Crippen LogP contribution in [-0.2, 0) is 13.0 Å². The third kappa shape index (κ3) is 3.72. The van der Waals surface area contributed by atoms with Gasteiger partial charge in [-0.15, -0.1) is 0 Å². The number of hydrogen-bond donors (Lipinski definition) is 1. The predicted molar refractivity (Wildman–Crippen MR) is 70.5 cm³/mol. The average Bonchev–Trinajstić information content (AvgIpc) is 2.34. The Hall–Kier alpha value is -1.06. The van der Waals surface area contributed by atoms with E-state index in [1.165, 1.54) is 11.1 Å². The maximum absolute atomic E-state index is 5.78. The summed E-state index contributed by atoms with van der Waals surface area (Å²) in [6.07, 6.45) is 2.19. The maximum atomic E-state index is 5.78. The average molecular weight is 234 g/mol. The van der Waals surface area contributed by atoms with Crippen LogP contribution in [0, 0.1) is 0 Å². The highest BCUT2D eigenvalue weighted by Gasteiger charge is 2.08. The highest BCUT2D eigenvalue weighted by molar-refractivity contribution is 5.37. The maximum Gasteiger partial charge on any atom is 0.119 e. The van der Waals surface area contributed by atoms with Crippen LogP contribution in [0.5, 0.6) is 5.75 Å². The van der Waals surface area contributed by atoms with Crippen molar-refractivity contribution in [3.8, 4) is 5.75 Å². The minimum absolute atomic E-state index is 0.801. The lowest BCUT2D eigenvalue weighted by atomic mass is 10.0. The molecule has 94 valence electrons. The van der Waals surface area contributed by atoms with Crippen LogP contribution in [-0.4, -0.2) is 38.7 Å². The molecule has 0 fully saturated rings. The second-order valence-electron chi connectivity index (χ2n) is 4.86. The van der Waals surface area contributed by atoms with Gasteiger partial charge in [0.25, 0.3) is 0 Å². The Bertz CT molecular complexity index is 363. The Labute approximate surface area is 104 Å². The topological polar surface area (TPSA) is 24.5 Å². The third-order valence-electron chi connectivity index (χ3n) is 3.08. The highest BCUT2D eigenvalue weighted by atomic mass is 16.5. The molecule has 1 heterocycles. The lowest BCUT2D eigenvalue weighted by molar-refractivity contribution is 0.281. The molecular formula is C14H22N2O. The third-order valence-corrected chi connectivity index (χ3v) is 3.08. The number of hydrogen-bond acceptors (Lipinski definition) is 3. The van der Waals surface area contributed by atoms with Gasteiger partial charge in [-0.1, -0.05) is 6.07 Å². The van der Waals surface area contributed by atoms with Gasteiger partial charge in [0.15, 0.2) is 0 Å². The van der Waals surface area contributed by atoms with Crippen LogP contribution in [0.25, 0.3) is 0 Å². The zero-order chi connectivity index (χ0) is 12.1. The van der Waals surface area contributed by atoms with E-state index < -0.39 is 0 Å². The van der Waals surface area contributed by atoms with Gasteiger partial charge in [-0.25, -0.2) is 0 Å². The van der Waals surface area contributed by atoms with E-state index in [-0.39, 0.29) is 0 Å². The molecule has 1 N–H and O–H groups in total. The molecule has 3 heteroatoms. The first kappa shape index (κ1) is 12.4. The van der Waals surface area contributed by atoms with Crippen LogP contribution in [0.4, 0.5) is 0 Å². The van der Waals surface area contributed by atoms with Gasteiger partial charge in [-0.05, 0) is 56.7 Å². The molecule has 1 aromatic carbocycles. The molecule has 1 aliphatic rings. The van der Waals surface area contributed by atoms with E-state index in [9.17, 15) is 0 Å². The van der Waals surface area contributed by atoms with Gasteiger partial charge in [0, 0.05) is 13.1 Å². The number of rotatable bonds is 5. The van der Waals surface area contributed by atoms with Gasteiger partial charge in [0.05, 0.1) is 6.61 Å². The first-order valence-electron chi connectivity index (χ1n) is 6.36. The van der Waals surface area contributed by atoms with Crippen molar-refractivity contribution in [2.75, 3.05) is 33.8 Å². The summed E-state index contributed by atoms with van der Waals surface area (Å²) < 4.78 is 5.78. The van der Waals surface area contributed by atoms with E-state index in [1.807, 2.05) is 0 Å². The molecule has 17 heavy (non-hydrogen) atoms. The Morgan fingerprint density at radius 2 is 2.18 bits per heavy atom. The van der Waals surface area contributed by atoms with Crippen molar-refractivity contribution in [3.63, 3.8) is 0 Å². The molecule has 1 aliphatic heterocycles. The summed E-state index contributed by atoms with van der Waals surface area (Å²) in [5.74, 6) is 1.02. The van der Waals surface area contributed by atoms with Gasteiger partial charge in [0.1, 0.15) is 5.75 Å². The fourth-order valence-electron chi connectivity index (χ4n) is 2.11. The molecule has 0 unspecified atom stereocenters. The Kier molecular flexibility index (Phi) is 4.40. The molecule has 0 saturated heterocycles. The van der Waals surface area contributed by atoms with Crippen LogP contribution in [0.2, 0.25) is 0 Å². The van der Waals surface area contributed by atoms with E-state index in [1.54, 1.807) is 0 Å². The largest absolute Gasteiger partial charge is 0.494 e. The van der Waals surface area contributed by atoms with Gasteiger partial charge in [-0.2, -0.15) is 0 Å². The van der Waals surface area contributed by atoms with Crippen LogP contribution >= 0.6 is 0 Å². The summed E-state index contributed by atoms with van der Waals surface area (Å²) in [5.41, 5.74) is 2.85. The fourth-order valence-corrected chi connectivity index (χ4v) is 2.11. The number of fused-ring (bicyclic) bond motifs is 1. The monoisotopic (exact) mass is 234 g/mol. The van der Waals surface area contributed by atoms with E-state index in [4.69, 9.17) is 4.74 Å². The second-order valence-corrected chi connectivity index (χ2v) is 4.86. The summed E-state index contributed by atoms with van der Waals surface area (Å²) in [7, 11) is 4.18. The van der Waals surface area contributed by atoms with Gasteiger partial charge in [-0.3, -0.25) is 0 Å². The minimum Gasteiger partial charge on any atom is -0.494 e. The van der Waals surface area contributed by atoms with Crippen molar-refractivity contribution < 1.29 is 4.74 Å². The number of ether oxygens (including phenoxy) is 1. The van der Waals surface area contributed by atoms with E-state index >= 15 is 0 Å². The molecule has 2 rings (SSSR count). The predicted octanol–water partition coefficient (Wildman–Crippen LogP) is 1.66. The van der Waals surface area contributed by atoms with Crippen LogP contribution in [0.15, 0.2) is 18.2 Å². The molecule has 0 spiro atoms. The van der Waals surface area contributed by atoms with Crippen LogP contribution in [0.3, 0.4) is 0 Å². The van der Waals surface area contributed by atoms with Gasteiger partial charge >= 0.3 is 0 Å². The smallest absolute Gasteiger partial charge is 0.119 e. The summed E-state index contributed by atoms with van der Waals surface area (Å²) in [4.78, 5) is 2.18. The first-order valence-corrected chi connectivity index (χ1v) is 6.36. The summed E-state index contributed by atoms with van der Waals surface area (Å²) in [6, 6.07) is 6.47. The Morgan fingerprint density at radius 3 is 3.00 bits per heavy atom. The zero-order valence-corrected chi connectivity index (χ0v) is 10.8. The Balaban J connectivity index is 1.85. The molecule has 0 bridgehead atoms. The van der Waals surface area contributed by atoms with Crippen molar-refractivity contribution >= 4 is 0 Å².